The van der Waals surface area contributed by atoms with Gasteiger partial charge >= 0.3 is 12.0 Å². The van der Waals surface area contributed by atoms with Crippen LogP contribution in [0.15, 0.2) is 12.4 Å². The van der Waals surface area contributed by atoms with Crippen molar-refractivity contribution in [2.45, 2.75) is 19.8 Å². The van der Waals surface area contributed by atoms with Crippen molar-refractivity contribution < 1.29 is 14.7 Å². The smallest absolute Gasteiger partial charge is 0.317 e. The van der Waals surface area contributed by atoms with Crippen LogP contribution in [0.2, 0.25) is 0 Å². The van der Waals surface area contributed by atoms with Crippen molar-refractivity contribution in [1.29, 1.82) is 0 Å². The number of H-pyrrole nitrogens is 1. The second-order valence-electron chi connectivity index (χ2n) is 5.20. The maximum absolute atomic E-state index is 11.9. The monoisotopic (exact) mass is 280 g/mol. The van der Waals surface area contributed by atoms with Gasteiger partial charge in [0.15, 0.2) is 0 Å². The molecule has 0 bridgehead atoms. The molecule has 20 heavy (non-hydrogen) atoms. The van der Waals surface area contributed by atoms with E-state index in [1.165, 1.54) is 0 Å². The molecule has 1 saturated heterocycles. The number of aromatic nitrogens is 2. The number of nitrogens with zero attached hydrogens (tertiary/aromatic N) is 2. The number of rotatable bonds is 5. The second kappa shape index (κ2) is 6.40. The number of carbonyl (C=O) groups is 2. The van der Waals surface area contributed by atoms with E-state index in [2.05, 4.69) is 15.3 Å². The number of urea groups is 1. The SMILES string of the molecule is C[C@@H]1CN(C(=O)NCCCc2ncc[nH]2)C[C@H]1C(=O)O. The number of nitrogens with one attached hydrogen (secondary N) is 2. The molecule has 0 aromatic carbocycles. The fourth-order valence-electron chi connectivity index (χ4n) is 2.45. The summed E-state index contributed by atoms with van der Waals surface area (Å²) in [6.45, 7) is 3.21. The molecule has 110 valence electrons. The Labute approximate surface area is 117 Å². The van der Waals surface area contributed by atoms with Gasteiger partial charge in [-0.3, -0.25) is 4.79 Å². The number of amides is 2. The lowest BCUT2D eigenvalue weighted by molar-refractivity contribution is -0.142. The zero-order chi connectivity index (χ0) is 14.5. The molecule has 1 aromatic heterocycles. The van der Waals surface area contributed by atoms with E-state index in [0.29, 0.717) is 19.6 Å². The first-order chi connectivity index (χ1) is 9.58. The Hall–Kier alpha value is -2.05. The van der Waals surface area contributed by atoms with E-state index in [4.69, 9.17) is 5.11 Å². The molecule has 0 spiro atoms. The fraction of sp³-hybridized carbons (Fsp3) is 0.615. The highest BCUT2D eigenvalue weighted by Crippen LogP contribution is 2.22. The van der Waals surface area contributed by atoms with Crippen molar-refractivity contribution in [2.75, 3.05) is 19.6 Å². The largest absolute Gasteiger partial charge is 0.481 e. The quantitative estimate of drug-likeness (QED) is 0.692. The lowest BCUT2D eigenvalue weighted by Crippen LogP contribution is -2.39. The summed E-state index contributed by atoms with van der Waals surface area (Å²) in [5.41, 5.74) is 0. The zero-order valence-corrected chi connectivity index (χ0v) is 11.5. The number of hydrogen-bond donors (Lipinski definition) is 3. The normalized spacial score (nSPS) is 21.9. The molecule has 1 aliphatic heterocycles. The van der Waals surface area contributed by atoms with Crippen molar-refractivity contribution in [3.8, 4) is 0 Å². The summed E-state index contributed by atoms with van der Waals surface area (Å²) in [6.07, 6.45) is 5.05. The molecule has 2 rings (SSSR count). The number of carboxylic acids is 1. The number of carboxylic acid groups (broad SMARTS) is 1. The van der Waals surface area contributed by atoms with E-state index in [0.717, 1.165) is 18.7 Å². The van der Waals surface area contributed by atoms with Crippen LogP contribution in [0.25, 0.3) is 0 Å². The Kier molecular flexibility index (Phi) is 4.60. The van der Waals surface area contributed by atoms with Crippen molar-refractivity contribution in [3.05, 3.63) is 18.2 Å². The molecule has 2 amide bonds. The number of likely N-dealkylation sites (tertiary alicyclic amines) is 1. The van der Waals surface area contributed by atoms with E-state index in [1.54, 1.807) is 17.3 Å². The first kappa shape index (κ1) is 14.4. The van der Waals surface area contributed by atoms with Gasteiger partial charge < -0.3 is 20.3 Å². The van der Waals surface area contributed by atoms with E-state index in [9.17, 15) is 9.59 Å². The van der Waals surface area contributed by atoms with E-state index >= 15 is 0 Å². The lowest BCUT2D eigenvalue weighted by Gasteiger charge is -2.16. The number of hydrogen-bond acceptors (Lipinski definition) is 3. The second-order valence-corrected chi connectivity index (χ2v) is 5.20. The maximum Gasteiger partial charge on any atom is 0.317 e. The molecular weight excluding hydrogens is 260 g/mol. The first-order valence-corrected chi connectivity index (χ1v) is 6.81. The number of carbonyl (C=O) groups excluding carboxylic acids is 1. The summed E-state index contributed by atoms with van der Waals surface area (Å²) in [5.74, 6) is -0.379. The van der Waals surface area contributed by atoms with Crippen molar-refractivity contribution in [3.63, 3.8) is 0 Å². The third-order valence-corrected chi connectivity index (χ3v) is 3.64. The molecule has 0 aliphatic carbocycles. The molecule has 2 heterocycles. The van der Waals surface area contributed by atoms with Crippen LogP contribution in [0.1, 0.15) is 19.2 Å². The molecule has 0 saturated carbocycles. The predicted molar refractivity (Wildman–Crippen MR) is 72.2 cm³/mol. The Morgan fingerprint density at radius 3 is 2.95 bits per heavy atom. The molecule has 0 radical (unpaired) electrons. The van der Waals surface area contributed by atoms with Crippen molar-refractivity contribution in [2.24, 2.45) is 11.8 Å². The summed E-state index contributed by atoms with van der Waals surface area (Å²) in [7, 11) is 0. The summed E-state index contributed by atoms with van der Waals surface area (Å²) in [5, 5.41) is 11.9. The topological polar surface area (TPSA) is 98.3 Å². The Balaban J connectivity index is 1.69. The summed E-state index contributed by atoms with van der Waals surface area (Å²) < 4.78 is 0. The van der Waals surface area contributed by atoms with E-state index < -0.39 is 11.9 Å². The zero-order valence-electron chi connectivity index (χ0n) is 11.5. The third kappa shape index (κ3) is 3.49. The van der Waals surface area contributed by atoms with Gasteiger partial charge in [0.25, 0.3) is 0 Å². The molecular formula is C13H20N4O3. The van der Waals surface area contributed by atoms with Gasteiger partial charge in [0.2, 0.25) is 0 Å². The standard InChI is InChI=1S/C13H20N4O3/c1-9-7-17(8-10(9)12(18)19)13(20)16-4-2-3-11-14-5-6-15-11/h5-6,9-10H,2-4,7-8H2,1H3,(H,14,15)(H,16,20)(H,18,19)/t9-,10-/m1/s1. The molecule has 7 heteroatoms. The Morgan fingerprint density at radius 2 is 2.35 bits per heavy atom. The number of imidazole rings is 1. The third-order valence-electron chi connectivity index (χ3n) is 3.64. The van der Waals surface area contributed by atoms with Crippen LogP contribution < -0.4 is 5.32 Å². The Bertz CT molecular complexity index is 460. The fourth-order valence-corrected chi connectivity index (χ4v) is 2.45. The van der Waals surface area contributed by atoms with Gasteiger partial charge in [-0.1, -0.05) is 6.92 Å². The van der Waals surface area contributed by atoms with Gasteiger partial charge in [-0.05, 0) is 12.3 Å². The molecule has 1 fully saturated rings. The molecule has 0 unspecified atom stereocenters. The maximum atomic E-state index is 11.9. The van der Waals surface area contributed by atoms with Crippen LogP contribution >= 0.6 is 0 Å². The highest BCUT2D eigenvalue weighted by molar-refractivity contribution is 5.77. The Morgan fingerprint density at radius 1 is 1.55 bits per heavy atom. The van der Waals surface area contributed by atoms with Crippen LogP contribution in [0, 0.1) is 11.8 Å². The van der Waals surface area contributed by atoms with Crippen LogP contribution in [0.5, 0.6) is 0 Å². The predicted octanol–water partition coefficient (Wildman–Crippen LogP) is 0.704. The van der Waals surface area contributed by atoms with Gasteiger partial charge in [0.05, 0.1) is 5.92 Å². The van der Waals surface area contributed by atoms with Crippen molar-refractivity contribution in [1.82, 2.24) is 20.2 Å². The highest BCUT2D eigenvalue weighted by Gasteiger charge is 2.36. The molecule has 3 N–H and O–H groups in total. The summed E-state index contributed by atoms with van der Waals surface area (Å²) >= 11 is 0. The first-order valence-electron chi connectivity index (χ1n) is 6.81. The minimum atomic E-state index is -0.828. The highest BCUT2D eigenvalue weighted by atomic mass is 16.4. The van der Waals surface area contributed by atoms with Gasteiger partial charge in [-0.15, -0.1) is 0 Å². The van der Waals surface area contributed by atoms with Gasteiger partial charge in [-0.25, -0.2) is 9.78 Å². The van der Waals surface area contributed by atoms with Crippen LogP contribution in [0.4, 0.5) is 4.79 Å². The van der Waals surface area contributed by atoms with Gasteiger partial charge in [0, 0.05) is 38.4 Å². The van der Waals surface area contributed by atoms with Gasteiger partial charge in [0.1, 0.15) is 5.82 Å². The summed E-state index contributed by atoms with van der Waals surface area (Å²) in [6, 6.07) is -0.181. The van der Waals surface area contributed by atoms with Gasteiger partial charge in [-0.2, -0.15) is 0 Å². The summed E-state index contributed by atoms with van der Waals surface area (Å²) in [4.78, 5) is 31.6. The molecule has 1 aromatic rings. The van der Waals surface area contributed by atoms with Crippen LogP contribution in [-0.2, 0) is 11.2 Å². The van der Waals surface area contributed by atoms with Crippen LogP contribution in [0.3, 0.4) is 0 Å². The molecule has 7 nitrogen and oxygen atoms in total. The number of aromatic amines is 1. The van der Waals surface area contributed by atoms with E-state index in [1.807, 2.05) is 6.92 Å². The average molecular weight is 280 g/mol. The molecule has 2 atom stereocenters. The van der Waals surface area contributed by atoms with Crippen molar-refractivity contribution >= 4 is 12.0 Å². The van der Waals surface area contributed by atoms with Crippen LogP contribution in [-0.4, -0.2) is 51.6 Å². The lowest BCUT2D eigenvalue weighted by atomic mass is 9.99. The minimum absolute atomic E-state index is 0.00127. The number of aryl methyl sites for hydroxylation is 1. The molecule has 1 aliphatic rings. The number of aliphatic carboxylic acids is 1. The van der Waals surface area contributed by atoms with E-state index in [-0.39, 0.29) is 11.9 Å². The average Bonchev–Trinajstić information content (AvgIpc) is 3.03. The minimum Gasteiger partial charge on any atom is -0.481 e.